The molecule has 0 amide bonds. The number of hydrogen-bond donors (Lipinski definition) is 4. The van der Waals surface area contributed by atoms with Crippen LogP contribution >= 0.6 is 0 Å². The first-order valence-electron chi connectivity index (χ1n) is 18.8. The number of methoxy groups -OCH3 is 1. The van der Waals surface area contributed by atoms with Crippen LogP contribution in [0.5, 0.6) is 0 Å². The Morgan fingerprint density at radius 3 is 1.27 bits per heavy atom. The fourth-order valence-corrected chi connectivity index (χ4v) is 8.69. The van der Waals surface area contributed by atoms with E-state index in [4.69, 9.17) is 18.9 Å². The molecule has 0 saturated carbocycles. The maximum absolute atomic E-state index is 13.0. The number of hydrogen-bond acceptors (Lipinski definition) is 12. The molecule has 0 saturated heterocycles. The molecule has 0 unspecified atom stereocenters. The van der Waals surface area contributed by atoms with Crippen LogP contribution in [0.2, 0.25) is 0 Å². The van der Waals surface area contributed by atoms with Gasteiger partial charge in [0.05, 0.1) is 40.5 Å². The first-order chi connectivity index (χ1) is 29.9. The van der Waals surface area contributed by atoms with Crippen molar-refractivity contribution in [2.24, 2.45) is 0 Å². The molecule has 0 spiro atoms. The minimum atomic E-state index is -0.866. The molecule has 3 aliphatic rings. The van der Waals surface area contributed by atoms with Crippen molar-refractivity contribution in [1.82, 2.24) is 19.9 Å². The van der Waals surface area contributed by atoms with E-state index in [0.29, 0.717) is 99.1 Å². The standard InChI is InChI=1S/C46H24N4O12/c1-17-3-21-23(5-19(17)42(54)60-16-52)35-13-39-27-9-31-32(46(58)62-45(31)57)10-28(27)40(50-39)14-36-24-6-20(41(53)59-2)18(15-51)4-22(24)34(48-36)12-38-26-8-30-29(43(55)61-44(30)56)7-25(26)37(49-38)11-33(21)47-35/h3-16,47-50H,1-2H3. The summed E-state index contributed by atoms with van der Waals surface area (Å²) in [5.74, 6) is -4.82. The molecule has 0 aliphatic carbocycles. The predicted molar refractivity (Wildman–Crippen MR) is 218 cm³/mol. The van der Waals surface area contributed by atoms with Crippen LogP contribution in [0.15, 0.2) is 48.5 Å². The van der Waals surface area contributed by atoms with Crippen molar-refractivity contribution >= 4 is 116 Å². The van der Waals surface area contributed by atoms with E-state index in [9.17, 15) is 38.4 Å². The molecule has 0 fully saturated rings. The van der Waals surface area contributed by atoms with Gasteiger partial charge in [-0.1, -0.05) is 0 Å². The highest BCUT2D eigenvalue weighted by Crippen LogP contribution is 2.32. The van der Waals surface area contributed by atoms with E-state index in [-0.39, 0.29) is 45.4 Å². The summed E-state index contributed by atoms with van der Waals surface area (Å²) in [5.41, 5.74) is 2.91. The maximum Gasteiger partial charge on any atom is 0.346 e. The lowest BCUT2D eigenvalue weighted by Crippen LogP contribution is -2.11. The number of cyclic esters (lactones) is 4. The number of carbonyl (C=O) groups excluding carboxylic acids is 8. The van der Waals surface area contributed by atoms with Gasteiger partial charge in [0.15, 0.2) is 6.29 Å². The monoisotopic (exact) mass is 824 g/mol. The summed E-state index contributed by atoms with van der Waals surface area (Å²) in [6.45, 7) is 1.75. The van der Waals surface area contributed by atoms with Crippen molar-refractivity contribution in [3.8, 4) is 0 Å². The molecule has 16 nitrogen and oxygen atoms in total. The van der Waals surface area contributed by atoms with Crippen molar-refractivity contribution < 1.29 is 57.3 Å². The lowest BCUT2D eigenvalue weighted by Gasteiger charge is -2.04. The number of carbonyl (C=O) groups is 8. The van der Waals surface area contributed by atoms with Crippen molar-refractivity contribution in [2.75, 3.05) is 7.11 Å². The Kier molecular flexibility index (Phi) is 7.46. The number of rotatable bonds is 4. The smallest absolute Gasteiger partial charge is 0.346 e. The number of aryl methyl sites for hydroxylation is 1. The van der Waals surface area contributed by atoms with Crippen LogP contribution in [0.25, 0.3) is 67.4 Å². The molecule has 16 heteroatoms. The van der Waals surface area contributed by atoms with Gasteiger partial charge < -0.3 is 38.9 Å². The number of nitrogens with one attached hydrogen (secondary N) is 4. The van der Waals surface area contributed by atoms with Gasteiger partial charge in [0.25, 0.3) is 0 Å². The molecule has 4 N–H and O–H groups in total. The van der Waals surface area contributed by atoms with Gasteiger partial charge in [0, 0.05) is 92.8 Å². The largest absolute Gasteiger partial charge is 0.465 e. The summed E-state index contributed by atoms with van der Waals surface area (Å²) in [7, 11) is 1.20. The van der Waals surface area contributed by atoms with Crippen LogP contribution in [-0.4, -0.2) is 75.6 Å². The molecular formula is C46H24N4O12. The predicted octanol–water partition coefficient (Wildman–Crippen LogP) is 3.08. The molecule has 4 aromatic carbocycles. The number of fused-ring (bicyclic) bond motifs is 22. The van der Waals surface area contributed by atoms with Gasteiger partial charge >= 0.3 is 42.3 Å². The number of esters is 6. The van der Waals surface area contributed by atoms with Crippen LogP contribution < -0.4 is 21.4 Å². The third-order valence-corrected chi connectivity index (χ3v) is 11.6. The Morgan fingerprint density at radius 2 is 0.887 bits per heavy atom. The van der Waals surface area contributed by atoms with Crippen molar-refractivity contribution in [1.29, 1.82) is 0 Å². The Bertz CT molecular complexity index is 3840. The van der Waals surface area contributed by atoms with Gasteiger partial charge in [-0.15, -0.1) is 0 Å². The highest BCUT2D eigenvalue weighted by Gasteiger charge is 2.32. The zero-order valence-corrected chi connectivity index (χ0v) is 32.0. The van der Waals surface area contributed by atoms with Crippen LogP contribution in [0.3, 0.4) is 0 Å². The van der Waals surface area contributed by atoms with Gasteiger partial charge in [-0.05, 0) is 85.3 Å². The summed E-state index contributed by atoms with van der Waals surface area (Å²) in [4.78, 5) is 115. The number of aromatic amines is 4. The van der Waals surface area contributed by atoms with E-state index in [2.05, 4.69) is 19.9 Å². The quantitative estimate of drug-likeness (QED) is 0.0868. The van der Waals surface area contributed by atoms with Crippen LogP contribution in [0.4, 0.5) is 0 Å². The van der Waals surface area contributed by atoms with E-state index in [0.717, 1.165) is 0 Å². The van der Waals surface area contributed by atoms with Crippen molar-refractivity contribution in [3.05, 3.63) is 137 Å². The number of ether oxygens (including phenoxy) is 4. The third kappa shape index (κ3) is 5.13. The highest BCUT2D eigenvalue weighted by atomic mass is 16.6. The normalized spacial score (nSPS) is 13.8. The number of benzene rings is 4. The third-order valence-electron chi connectivity index (χ3n) is 11.6. The van der Waals surface area contributed by atoms with Gasteiger partial charge in [-0.2, -0.15) is 0 Å². The zero-order valence-electron chi connectivity index (χ0n) is 32.0. The Morgan fingerprint density at radius 1 is 0.500 bits per heavy atom. The average Bonchev–Trinajstić information content (AvgIpc) is 4.08. The topological polar surface area (TPSA) is 237 Å². The Hall–Kier alpha value is -8.92. The second kappa shape index (κ2) is 12.8. The fraction of sp³-hybridized carbons (Fsp3) is 0.0435. The summed E-state index contributed by atoms with van der Waals surface area (Å²) < 4.78 is 19.7. The first kappa shape index (κ1) is 36.2. The number of aromatic nitrogens is 4. The first-order valence-corrected chi connectivity index (χ1v) is 18.8. The lowest BCUT2D eigenvalue weighted by molar-refractivity contribution is -0.123. The summed E-state index contributed by atoms with van der Waals surface area (Å²) >= 11 is 0. The summed E-state index contributed by atoms with van der Waals surface area (Å²) in [6, 6.07) is 12.7. The number of H-pyrrole nitrogens is 4. The second-order valence-corrected chi connectivity index (χ2v) is 14.9. The minimum absolute atomic E-state index is 0.00677. The molecule has 0 atom stereocenters. The molecule has 4 aromatic heterocycles. The van der Waals surface area contributed by atoms with Crippen LogP contribution in [-0.2, 0) is 23.7 Å². The van der Waals surface area contributed by atoms with Crippen LogP contribution in [0, 0.1) is 6.92 Å². The Labute approximate surface area is 343 Å². The Balaban J connectivity index is 1.33. The molecular weight excluding hydrogens is 801 g/mol. The summed E-state index contributed by atoms with van der Waals surface area (Å²) in [6.07, 6.45) is 7.62. The van der Waals surface area contributed by atoms with E-state index in [1.165, 1.54) is 13.2 Å². The maximum atomic E-state index is 13.0. The van der Waals surface area contributed by atoms with Crippen LogP contribution in [0.1, 0.15) is 101 Å². The molecule has 8 aromatic rings. The minimum Gasteiger partial charge on any atom is -0.465 e. The fourth-order valence-electron chi connectivity index (χ4n) is 8.69. The van der Waals surface area contributed by atoms with Gasteiger partial charge in [-0.25, -0.2) is 28.8 Å². The van der Waals surface area contributed by atoms with E-state index < -0.39 is 35.8 Å². The van der Waals surface area contributed by atoms with Gasteiger partial charge in [0.2, 0.25) is 0 Å². The second-order valence-electron chi connectivity index (χ2n) is 14.9. The van der Waals surface area contributed by atoms with E-state index >= 15 is 0 Å². The number of aldehydes is 1. The van der Waals surface area contributed by atoms with E-state index in [1.807, 2.05) is 0 Å². The molecule has 300 valence electrons. The molecule has 62 heavy (non-hydrogen) atoms. The lowest BCUT2D eigenvalue weighted by atomic mass is 10.0. The van der Waals surface area contributed by atoms with Crippen molar-refractivity contribution in [3.63, 3.8) is 0 Å². The SMILES string of the molecule is COC(=O)c1cc2c3[nH]c(c2cc1C=O)C=c1[nH]c(c2cc4c(cc12)C(=O)OC4=O)=Cc1[nH]c(c2cc(C(=O)OC=O)c(C)cc12)C=c1[nH]c(c2cc4c(cc12)C(=O)OC4=O)=C3. The molecule has 0 radical (unpaired) electrons. The van der Waals surface area contributed by atoms with Gasteiger partial charge in [-0.3, -0.25) is 9.59 Å². The average molecular weight is 825 g/mol. The molecule has 7 heterocycles. The molecule has 8 bridgehead atoms. The van der Waals surface area contributed by atoms with E-state index in [1.54, 1.807) is 73.7 Å². The molecule has 3 aliphatic heterocycles. The van der Waals surface area contributed by atoms with Gasteiger partial charge in [0.1, 0.15) is 0 Å². The van der Waals surface area contributed by atoms with Crippen molar-refractivity contribution in [2.45, 2.75) is 6.92 Å². The zero-order chi connectivity index (χ0) is 42.9. The highest BCUT2D eigenvalue weighted by molar-refractivity contribution is 6.18. The summed E-state index contributed by atoms with van der Waals surface area (Å²) in [5, 5.41) is 6.22. The molecule has 11 rings (SSSR count).